The molecule has 1 saturated carbocycles. The molecular weight excluding hydrogens is 334 g/mol. The molecule has 0 aromatic heterocycles. The molecule has 1 aromatic carbocycles. The molecule has 1 N–H and O–H groups in total. The predicted molar refractivity (Wildman–Crippen MR) is 90.4 cm³/mol. The van der Waals surface area contributed by atoms with E-state index < -0.39 is 0 Å². The van der Waals surface area contributed by atoms with E-state index in [2.05, 4.69) is 10.2 Å². The SMILES string of the molecule is Cl.Cl.Fc1ccc(Cl)cc1[C@H](C1CCC1)N1CCNCC1. The van der Waals surface area contributed by atoms with Gasteiger partial charge in [0.1, 0.15) is 5.82 Å². The molecule has 1 aliphatic heterocycles. The fourth-order valence-electron chi connectivity index (χ4n) is 3.21. The summed E-state index contributed by atoms with van der Waals surface area (Å²) < 4.78 is 14.2. The zero-order valence-corrected chi connectivity index (χ0v) is 14.2. The summed E-state index contributed by atoms with van der Waals surface area (Å²) in [5.41, 5.74) is 0.791. The van der Waals surface area contributed by atoms with Gasteiger partial charge in [0.2, 0.25) is 0 Å². The van der Waals surface area contributed by atoms with Crippen LogP contribution >= 0.6 is 36.4 Å². The maximum Gasteiger partial charge on any atom is 0.128 e. The number of hydrogen-bond donors (Lipinski definition) is 1. The first-order valence-corrected chi connectivity index (χ1v) is 7.53. The van der Waals surface area contributed by atoms with Crippen molar-refractivity contribution in [1.82, 2.24) is 10.2 Å². The Bertz CT molecular complexity index is 449. The van der Waals surface area contributed by atoms with Crippen molar-refractivity contribution in [3.63, 3.8) is 0 Å². The average molecular weight is 356 g/mol. The van der Waals surface area contributed by atoms with Gasteiger partial charge < -0.3 is 5.32 Å². The Morgan fingerprint density at radius 2 is 1.86 bits per heavy atom. The van der Waals surface area contributed by atoms with Crippen molar-refractivity contribution >= 4 is 36.4 Å². The highest BCUT2D eigenvalue weighted by molar-refractivity contribution is 6.30. The predicted octanol–water partition coefficient (Wildman–Crippen LogP) is 4.07. The number of piperazine rings is 1. The monoisotopic (exact) mass is 354 g/mol. The second kappa shape index (κ2) is 8.54. The van der Waals surface area contributed by atoms with Crippen LogP contribution in [0.25, 0.3) is 0 Å². The van der Waals surface area contributed by atoms with Gasteiger partial charge in [-0.2, -0.15) is 0 Å². The van der Waals surface area contributed by atoms with Crippen molar-refractivity contribution in [3.8, 4) is 0 Å². The Hall–Kier alpha value is -0.0600. The first-order valence-electron chi connectivity index (χ1n) is 7.15. The lowest BCUT2D eigenvalue weighted by Crippen LogP contribution is -2.48. The molecule has 0 amide bonds. The molecule has 1 aliphatic carbocycles. The number of halogens is 4. The summed E-state index contributed by atoms with van der Waals surface area (Å²) in [5.74, 6) is 0.478. The molecule has 2 nitrogen and oxygen atoms in total. The highest BCUT2D eigenvalue weighted by atomic mass is 35.5. The van der Waals surface area contributed by atoms with Crippen molar-refractivity contribution < 1.29 is 4.39 Å². The quantitative estimate of drug-likeness (QED) is 0.879. The lowest BCUT2D eigenvalue weighted by atomic mass is 9.76. The summed E-state index contributed by atoms with van der Waals surface area (Å²) in [6, 6.07) is 5.17. The van der Waals surface area contributed by atoms with Crippen molar-refractivity contribution in [2.24, 2.45) is 5.92 Å². The number of hydrogen-bond acceptors (Lipinski definition) is 2. The van der Waals surface area contributed by atoms with E-state index in [9.17, 15) is 4.39 Å². The maximum atomic E-state index is 14.2. The molecule has 1 heterocycles. The van der Waals surface area contributed by atoms with Gasteiger partial charge in [-0.15, -0.1) is 24.8 Å². The van der Waals surface area contributed by atoms with Crippen LogP contribution in [-0.4, -0.2) is 31.1 Å². The first-order chi connectivity index (χ1) is 9.25. The lowest BCUT2D eigenvalue weighted by Gasteiger charge is -2.43. The number of benzene rings is 1. The normalized spacial score (nSPS) is 20.9. The lowest BCUT2D eigenvalue weighted by molar-refractivity contribution is 0.0812. The molecule has 0 spiro atoms. The summed E-state index contributed by atoms with van der Waals surface area (Å²) in [6.07, 6.45) is 3.69. The van der Waals surface area contributed by atoms with E-state index in [0.29, 0.717) is 10.9 Å². The van der Waals surface area contributed by atoms with Crippen LogP contribution in [0.5, 0.6) is 0 Å². The van der Waals surface area contributed by atoms with Gasteiger partial charge in [-0.3, -0.25) is 4.90 Å². The van der Waals surface area contributed by atoms with Gasteiger partial charge in [0.05, 0.1) is 0 Å². The minimum Gasteiger partial charge on any atom is -0.314 e. The Balaban J connectivity index is 0.00000110. The highest BCUT2D eigenvalue weighted by Gasteiger charge is 2.35. The van der Waals surface area contributed by atoms with Crippen molar-refractivity contribution in [2.45, 2.75) is 25.3 Å². The van der Waals surface area contributed by atoms with Gasteiger partial charge in [-0.25, -0.2) is 4.39 Å². The van der Waals surface area contributed by atoms with Gasteiger partial charge in [0.25, 0.3) is 0 Å². The smallest absolute Gasteiger partial charge is 0.128 e. The third-order valence-electron chi connectivity index (χ3n) is 4.42. The molecule has 2 fully saturated rings. The molecule has 2 aliphatic rings. The number of rotatable bonds is 3. The van der Waals surface area contributed by atoms with E-state index in [1.807, 2.05) is 6.07 Å². The molecule has 3 rings (SSSR count). The van der Waals surface area contributed by atoms with Crippen LogP contribution in [0.4, 0.5) is 4.39 Å². The third kappa shape index (κ3) is 4.23. The van der Waals surface area contributed by atoms with Gasteiger partial charge in [0.15, 0.2) is 0 Å². The van der Waals surface area contributed by atoms with Crippen LogP contribution in [0.15, 0.2) is 18.2 Å². The summed E-state index contributed by atoms with van der Waals surface area (Å²) >= 11 is 6.07. The minimum absolute atomic E-state index is 0. The fraction of sp³-hybridized carbons (Fsp3) is 0.600. The van der Waals surface area contributed by atoms with Crippen LogP contribution in [0, 0.1) is 11.7 Å². The molecular formula is C15H22Cl3FN2. The zero-order valence-electron chi connectivity index (χ0n) is 11.9. The third-order valence-corrected chi connectivity index (χ3v) is 4.65. The molecule has 120 valence electrons. The van der Waals surface area contributed by atoms with Crippen LogP contribution in [0.2, 0.25) is 5.02 Å². The van der Waals surface area contributed by atoms with Crippen LogP contribution in [0.1, 0.15) is 30.9 Å². The zero-order chi connectivity index (χ0) is 13.2. The van der Waals surface area contributed by atoms with Crippen molar-refractivity contribution in [3.05, 3.63) is 34.6 Å². The molecule has 6 heteroatoms. The van der Waals surface area contributed by atoms with E-state index in [0.717, 1.165) is 31.7 Å². The fourth-order valence-corrected chi connectivity index (χ4v) is 3.39. The Morgan fingerprint density at radius 1 is 1.19 bits per heavy atom. The first kappa shape index (κ1) is 19.0. The molecule has 0 unspecified atom stereocenters. The topological polar surface area (TPSA) is 15.3 Å². The summed E-state index contributed by atoms with van der Waals surface area (Å²) in [6.45, 7) is 3.97. The van der Waals surface area contributed by atoms with Crippen molar-refractivity contribution in [1.29, 1.82) is 0 Å². The van der Waals surface area contributed by atoms with Crippen LogP contribution in [-0.2, 0) is 0 Å². The molecule has 21 heavy (non-hydrogen) atoms. The van der Waals surface area contributed by atoms with E-state index in [1.165, 1.54) is 25.3 Å². The summed E-state index contributed by atoms with van der Waals surface area (Å²) in [7, 11) is 0. The van der Waals surface area contributed by atoms with E-state index in [-0.39, 0.29) is 36.7 Å². The number of nitrogens with zero attached hydrogens (tertiary/aromatic N) is 1. The van der Waals surface area contributed by atoms with E-state index in [4.69, 9.17) is 11.6 Å². The molecule has 1 atom stereocenters. The Morgan fingerprint density at radius 3 is 2.43 bits per heavy atom. The second-order valence-corrected chi connectivity index (χ2v) is 6.02. The highest BCUT2D eigenvalue weighted by Crippen LogP contribution is 2.42. The summed E-state index contributed by atoms with van der Waals surface area (Å²) in [5, 5.41) is 4.00. The largest absolute Gasteiger partial charge is 0.314 e. The van der Waals surface area contributed by atoms with Gasteiger partial charge in [-0.1, -0.05) is 18.0 Å². The van der Waals surface area contributed by atoms with Crippen molar-refractivity contribution in [2.75, 3.05) is 26.2 Å². The van der Waals surface area contributed by atoms with Gasteiger partial charge in [0, 0.05) is 42.8 Å². The standard InChI is InChI=1S/C15H20ClFN2.2ClH/c16-12-4-5-14(17)13(10-12)15(11-2-1-3-11)19-8-6-18-7-9-19;;/h4-5,10-11,15,18H,1-3,6-9H2;2*1H/t15-;;/m0../s1. The average Bonchev–Trinajstić information content (AvgIpc) is 2.38. The number of nitrogens with one attached hydrogen (secondary N) is 1. The Labute approximate surface area is 143 Å². The molecule has 0 bridgehead atoms. The van der Waals surface area contributed by atoms with Crippen LogP contribution in [0.3, 0.4) is 0 Å². The minimum atomic E-state index is -0.111. The van der Waals surface area contributed by atoms with Crippen LogP contribution < -0.4 is 5.32 Å². The molecule has 1 saturated heterocycles. The summed E-state index contributed by atoms with van der Waals surface area (Å²) in [4.78, 5) is 2.43. The van der Waals surface area contributed by atoms with E-state index >= 15 is 0 Å². The van der Waals surface area contributed by atoms with E-state index in [1.54, 1.807) is 6.07 Å². The molecule has 1 aromatic rings. The van der Waals surface area contributed by atoms with Gasteiger partial charge in [-0.05, 0) is 37.0 Å². The maximum absolute atomic E-state index is 14.2. The second-order valence-electron chi connectivity index (χ2n) is 5.59. The molecule has 0 radical (unpaired) electrons. The Kier molecular flexibility index (Phi) is 7.72. The van der Waals surface area contributed by atoms with Gasteiger partial charge >= 0.3 is 0 Å².